The molecular formula is C19H29NO5. The van der Waals surface area contributed by atoms with Gasteiger partial charge in [0.2, 0.25) is 0 Å². The average Bonchev–Trinajstić information content (AvgIpc) is 2.53. The Morgan fingerprint density at radius 3 is 2.36 bits per heavy atom. The normalized spacial score (nSPS) is 12.4. The van der Waals surface area contributed by atoms with Gasteiger partial charge in [0.25, 0.3) is 0 Å². The van der Waals surface area contributed by atoms with Crippen LogP contribution in [0.1, 0.15) is 33.3 Å². The van der Waals surface area contributed by atoms with E-state index in [4.69, 9.17) is 14.2 Å². The summed E-state index contributed by atoms with van der Waals surface area (Å²) in [5, 5.41) is 0. The van der Waals surface area contributed by atoms with E-state index in [1.165, 1.54) is 4.90 Å². The number of ether oxygens (including phenoxy) is 3. The minimum atomic E-state index is -0.575. The molecule has 1 amide bonds. The van der Waals surface area contributed by atoms with Crippen LogP contribution in [-0.4, -0.2) is 55.5 Å². The van der Waals surface area contributed by atoms with Gasteiger partial charge in [-0.05, 0) is 39.7 Å². The summed E-state index contributed by atoms with van der Waals surface area (Å²) in [6.45, 7) is 7.59. The summed E-state index contributed by atoms with van der Waals surface area (Å²) >= 11 is 0. The Kier molecular flexibility index (Phi) is 8.41. The van der Waals surface area contributed by atoms with Gasteiger partial charge in [-0.1, -0.05) is 30.3 Å². The lowest BCUT2D eigenvalue weighted by Gasteiger charge is -2.30. The molecular weight excluding hydrogens is 322 g/mol. The van der Waals surface area contributed by atoms with Crippen molar-refractivity contribution in [2.24, 2.45) is 0 Å². The quantitative estimate of drug-likeness (QED) is 0.674. The molecule has 140 valence electrons. The number of rotatable bonds is 8. The highest BCUT2D eigenvalue weighted by molar-refractivity contribution is 5.70. The van der Waals surface area contributed by atoms with Gasteiger partial charge in [0, 0.05) is 7.05 Å². The van der Waals surface area contributed by atoms with Crippen LogP contribution in [0, 0.1) is 0 Å². The third kappa shape index (κ3) is 8.54. The molecule has 1 aromatic rings. The second-order valence-corrected chi connectivity index (χ2v) is 6.75. The van der Waals surface area contributed by atoms with E-state index < -0.39 is 17.7 Å². The van der Waals surface area contributed by atoms with Crippen molar-refractivity contribution in [2.45, 2.75) is 45.8 Å². The van der Waals surface area contributed by atoms with Gasteiger partial charge >= 0.3 is 12.1 Å². The van der Waals surface area contributed by atoms with E-state index in [1.54, 1.807) is 14.0 Å². The molecule has 1 rings (SSSR count). The molecule has 0 bridgehead atoms. The molecule has 0 spiro atoms. The first-order chi connectivity index (χ1) is 11.7. The van der Waals surface area contributed by atoms with Gasteiger partial charge in [-0.15, -0.1) is 0 Å². The lowest BCUT2D eigenvalue weighted by molar-refractivity contribution is -0.148. The Hall–Kier alpha value is -2.08. The van der Waals surface area contributed by atoms with Gasteiger partial charge in [-0.2, -0.15) is 0 Å². The van der Waals surface area contributed by atoms with E-state index in [0.717, 1.165) is 5.56 Å². The van der Waals surface area contributed by atoms with Crippen LogP contribution in [0.2, 0.25) is 0 Å². The van der Waals surface area contributed by atoms with Crippen molar-refractivity contribution in [3.8, 4) is 0 Å². The molecule has 1 aromatic carbocycles. The lowest BCUT2D eigenvalue weighted by atomic mass is 10.1. The van der Waals surface area contributed by atoms with Gasteiger partial charge in [0.1, 0.15) is 12.2 Å². The van der Waals surface area contributed by atoms with Crippen molar-refractivity contribution in [1.82, 2.24) is 4.90 Å². The molecule has 25 heavy (non-hydrogen) atoms. The number of carbonyl (C=O) groups is 2. The van der Waals surface area contributed by atoms with E-state index in [2.05, 4.69) is 0 Å². The summed E-state index contributed by atoms with van der Waals surface area (Å²) in [5.41, 5.74) is 0.497. The molecule has 0 saturated heterocycles. The minimum absolute atomic E-state index is 0.138. The molecule has 0 heterocycles. The van der Waals surface area contributed by atoms with Crippen LogP contribution < -0.4 is 0 Å². The summed E-state index contributed by atoms with van der Waals surface area (Å²) in [5.74, 6) is -0.416. The number of hydrogen-bond donors (Lipinski definition) is 0. The predicted molar refractivity (Wildman–Crippen MR) is 95.4 cm³/mol. The molecule has 6 nitrogen and oxygen atoms in total. The topological polar surface area (TPSA) is 65.1 Å². The third-order valence-electron chi connectivity index (χ3n) is 3.38. The van der Waals surface area contributed by atoms with E-state index in [1.807, 2.05) is 51.1 Å². The molecule has 0 aromatic heterocycles. The van der Waals surface area contributed by atoms with Crippen LogP contribution in [0.25, 0.3) is 0 Å². The monoisotopic (exact) mass is 351 g/mol. The molecule has 6 heteroatoms. The number of esters is 1. The first kappa shape index (κ1) is 21.0. The molecule has 1 unspecified atom stereocenters. The van der Waals surface area contributed by atoms with E-state index >= 15 is 0 Å². The highest BCUT2D eigenvalue weighted by Gasteiger charge is 2.26. The number of nitrogens with zero attached hydrogens (tertiary/aromatic N) is 1. The van der Waals surface area contributed by atoms with Crippen LogP contribution in [0.5, 0.6) is 0 Å². The van der Waals surface area contributed by atoms with Crippen molar-refractivity contribution in [3.05, 3.63) is 35.9 Å². The maximum atomic E-state index is 12.3. The van der Waals surface area contributed by atoms with Crippen LogP contribution in [0.4, 0.5) is 4.79 Å². The maximum absolute atomic E-state index is 12.3. The van der Waals surface area contributed by atoms with Crippen LogP contribution in [0.3, 0.4) is 0 Å². The van der Waals surface area contributed by atoms with Crippen LogP contribution in [-0.2, 0) is 25.4 Å². The molecule has 0 N–H and O–H groups in total. The highest BCUT2D eigenvalue weighted by atomic mass is 16.6. The average molecular weight is 351 g/mol. The van der Waals surface area contributed by atoms with E-state index in [0.29, 0.717) is 13.0 Å². The molecule has 0 radical (unpaired) electrons. The largest absolute Gasteiger partial charge is 0.464 e. The first-order valence-corrected chi connectivity index (χ1v) is 8.46. The Balaban J connectivity index is 2.72. The van der Waals surface area contributed by atoms with Crippen LogP contribution >= 0.6 is 0 Å². The fourth-order valence-electron chi connectivity index (χ4n) is 2.16. The zero-order valence-electron chi connectivity index (χ0n) is 15.8. The molecule has 0 aliphatic heterocycles. The van der Waals surface area contributed by atoms with Crippen LogP contribution in [0.15, 0.2) is 30.3 Å². The van der Waals surface area contributed by atoms with Gasteiger partial charge in [0.15, 0.2) is 0 Å². The number of carbonyl (C=O) groups excluding carboxylic acids is 2. The van der Waals surface area contributed by atoms with E-state index in [-0.39, 0.29) is 19.3 Å². The van der Waals surface area contributed by atoms with Crippen molar-refractivity contribution >= 4 is 12.1 Å². The highest BCUT2D eigenvalue weighted by Crippen LogP contribution is 2.14. The zero-order chi connectivity index (χ0) is 18.9. The van der Waals surface area contributed by atoms with Crippen molar-refractivity contribution in [2.75, 3.05) is 26.9 Å². The third-order valence-corrected chi connectivity index (χ3v) is 3.38. The Bertz CT molecular complexity index is 538. The fraction of sp³-hybridized carbons (Fsp3) is 0.579. The SMILES string of the molecule is CCOC(=O)COCC(Cc1ccccc1)N(C)C(=O)OC(C)(C)C. The number of benzene rings is 1. The van der Waals surface area contributed by atoms with E-state index in [9.17, 15) is 9.59 Å². The molecule has 0 aliphatic rings. The second kappa shape index (κ2) is 10.0. The minimum Gasteiger partial charge on any atom is -0.464 e. The summed E-state index contributed by atoms with van der Waals surface area (Å²) < 4.78 is 15.7. The molecule has 0 aliphatic carbocycles. The summed E-state index contributed by atoms with van der Waals surface area (Å²) in [4.78, 5) is 25.3. The zero-order valence-corrected chi connectivity index (χ0v) is 15.8. The summed E-state index contributed by atoms with van der Waals surface area (Å²) in [7, 11) is 1.68. The number of amides is 1. The van der Waals surface area contributed by atoms with Crippen molar-refractivity contribution < 1.29 is 23.8 Å². The molecule has 1 atom stereocenters. The second-order valence-electron chi connectivity index (χ2n) is 6.75. The predicted octanol–water partition coefficient (Wildman–Crippen LogP) is 3.04. The summed E-state index contributed by atoms with van der Waals surface area (Å²) in [6, 6.07) is 9.54. The number of hydrogen-bond acceptors (Lipinski definition) is 5. The number of likely N-dealkylation sites (N-methyl/N-ethyl adjacent to an activating group) is 1. The van der Waals surface area contributed by atoms with Gasteiger partial charge in [-0.25, -0.2) is 9.59 Å². The molecule has 0 saturated carbocycles. The molecule has 0 fully saturated rings. The summed E-state index contributed by atoms with van der Waals surface area (Å²) in [6.07, 6.45) is 0.174. The van der Waals surface area contributed by atoms with Gasteiger partial charge < -0.3 is 19.1 Å². The lowest BCUT2D eigenvalue weighted by Crippen LogP contribution is -2.44. The smallest absolute Gasteiger partial charge is 0.410 e. The Morgan fingerprint density at radius 2 is 1.80 bits per heavy atom. The first-order valence-electron chi connectivity index (χ1n) is 8.46. The van der Waals surface area contributed by atoms with Gasteiger partial charge in [0.05, 0.1) is 19.3 Å². The standard InChI is InChI=1S/C19H29NO5/c1-6-24-17(21)14-23-13-16(12-15-10-8-7-9-11-15)20(5)18(22)25-19(2,3)4/h7-11,16H,6,12-14H2,1-5H3. The van der Waals surface area contributed by atoms with Crippen molar-refractivity contribution in [1.29, 1.82) is 0 Å². The van der Waals surface area contributed by atoms with Gasteiger partial charge in [-0.3, -0.25) is 0 Å². The maximum Gasteiger partial charge on any atom is 0.410 e. The van der Waals surface area contributed by atoms with Crippen molar-refractivity contribution in [3.63, 3.8) is 0 Å². The fourth-order valence-corrected chi connectivity index (χ4v) is 2.16. The Labute approximate surface area is 150 Å². The Morgan fingerprint density at radius 1 is 1.16 bits per heavy atom.